The van der Waals surface area contributed by atoms with Crippen molar-refractivity contribution in [1.29, 1.82) is 5.26 Å². The Balaban J connectivity index is 1.62. The highest BCUT2D eigenvalue weighted by atomic mass is 16.5. The number of benzene rings is 1. The van der Waals surface area contributed by atoms with E-state index in [1.807, 2.05) is 18.2 Å². The summed E-state index contributed by atoms with van der Waals surface area (Å²) in [5, 5.41) is 12.7. The molecule has 1 aliphatic carbocycles. The normalized spacial score (nSPS) is 25.4. The highest BCUT2D eigenvalue weighted by Crippen LogP contribution is 2.38. The lowest BCUT2D eigenvalue weighted by Gasteiger charge is -2.19. The zero-order valence-corrected chi connectivity index (χ0v) is 11.8. The van der Waals surface area contributed by atoms with Crippen molar-refractivity contribution < 1.29 is 9.47 Å². The lowest BCUT2D eigenvalue weighted by molar-refractivity contribution is 0.0809. The summed E-state index contributed by atoms with van der Waals surface area (Å²) in [6.45, 7) is 1.64. The van der Waals surface area contributed by atoms with Gasteiger partial charge in [-0.05, 0) is 42.9 Å². The van der Waals surface area contributed by atoms with E-state index in [1.54, 1.807) is 7.11 Å². The number of nitrogens with one attached hydrogen (secondary N) is 1. The van der Waals surface area contributed by atoms with Crippen LogP contribution in [0, 0.1) is 17.2 Å². The van der Waals surface area contributed by atoms with Gasteiger partial charge in [-0.3, -0.25) is 0 Å². The Morgan fingerprint density at radius 1 is 1.40 bits per heavy atom. The van der Waals surface area contributed by atoms with Crippen molar-refractivity contribution in [2.45, 2.75) is 38.0 Å². The summed E-state index contributed by atoms with van der Waals surface area (Å²) in [5.74, 6) is 1.40. The molecule has 3 rings (SSSR count). The fourth-order valence-corrected chi connectivity index (χ4v) is 2.92. The Morgan fingerprint density at radius 2 is 2.25 bits per heavy atom. The van der Waals surface area contributed by atoms with E-state index in [-0.39, 0.29) is 0 Å². The standard InChI is InChI=1S/C16H20N2O2/c1-19-15-5-2-11(8-13(15)9-17)10-18-14-6-7-20-16(14)12-3-4-12/h2,5,8,12,14,16,18H,3-4,6-7,10H2,1H3. The second-order valence-corrected chi connectivity index (χ2v) is 5.60. The molecular weight excluding hydrogens is 252 g/mol. The number of ether oxygens (including phenoxy) is 2. The average molecular weight is 272 g/mol. The molecule has 1 aliphatic heterocycles. The summed E-state index contributed by atoms with van der Waals surface area (Å²) in [7, 11) is 1.59. The molecule has 2 aliphatic rings. The minimum absolute atomic E-state index is 0.392. The monoisotopic (exact) mass is 272 g/mol. The van der Waals surface area contributed by atoms with Gasteiger partial charge in [0, 0.05) is 19.2 Å². The molecule has 0 amide bonds. The van der Waals surface area contributed by atoms with Crippen molar-refractivity contribution in [2.24, 2.45) is 5.92 Å². The molecule has 2 unspecified atom stereocenters. The Bertz CT molecular complexity index is 520. The summed E-state index contributed by atoms with van der Waals surface area (Å²) >= 11 is 0. The van der Waals surface area contributed by atoms with Gasteiger partial charge in [0.2, 0.25) is 0 Å². The van der Waals surface area contributed by atoms with E-state index in [4.69, 9.17) is 14.7 Å². The maximum Gasteiger partial charge on any atom is 0.136 e. The molecule has 1 saturated carbocycles. The van der Waals surface area contributed by atoms with E-state index in [0.29, 0.717) is 23.5 Å². The number of nitriles is 1. The molecule has 1 aromatic rings. The van der Waals surface area contributed by atoms with Gasteiger partial charge in [0.25, 0.3) is 0 Å². The second kappa shape index (κ2) is 5.82. The number of nitrogens with zero attached hydrogens (tertiary/aromatic N) is 1. The molecule has 1 saturated heterocycles. The number of rotatable bonds is 5. The highest BCUT2D eigenvalue weighted by molar-refractivity contribution is 5.45. The molecule has 0 aromatic heterocycles. The van der Waals surface area contributed by atoms with Gasteiger partial charge in [0.15, 0.2) is 0 Å². The van der Waals surface area contributed by atoms with Crippen molar-refractivity contribution in [2.75, 3.05) is 13.7 Å². The van der Waals surface area contributed by atoms with Crippen LogP contribution >= 0.6 is 0 Å². The van der Waals surface area contributed by atoms with Gasteiger partial charge >= 0.3 is 0 Å². The van der Waals surface area contributed by atoms with Gasteiger partial charge in [-0.2, -0.15) is 5.26 Å². The molecule has 1 N–H and O–H groups in total. The maximum absolute atomic E-state index is 9.11. The third-order valence-electron chi connectivity index (χ3n) is 4.18. The van der Waals surface area contributed by atoms with E-state index in [1.165, 1.54) is 12.8 Å². The first-order chi connectivity index (χ1) is 9.81. The quantitative estimate of drug-likeness (QED) is 0.893. The van der Waals surface area contributed by atoms with Gasteiger partial charge in [-0.15, -0.1) is 0 Å². The van der Waals surface area contributed by atoms with E-state index < -0.39 is 0 Å². The lowest BCUT2D eigenvalue weighted by Crippen LogP contribution is -2.37. The van der Waals surface area contributed by atoms with Gasteiger partial charge < -0.3 is 14.8 Å². The number of hydrogen-bond acceptors (Lipinski definition) is 4. The van der Waals surface area contributed by atoms with Crippen LogP contribution in [0.1, 0.15) is 30.4 Å². The molecule has 2 fully saturated rings. The number of hydrogen-bond donors (Lipinski definition) is 1. The largest absolute Gasteiger partial charge is 0.495 e. The maximum atomic E-state index is 9.11. The smallest absolute Gasteiger partial charge is 0.136 e. The van der Waals surface area contributed by atoms with Crippen LogP contribution in [-0.4, -0.2) is 25.9 Å². The molecule has 4 heteroatoms. The number of methoxy groups -OCH3 is 1. The summed E-state index contributed by atoms with van der Waals surface area (Å²) in [5.41, 5.74) is 1.71. The van der Waals surface area contributed by atoms with Crippen LogP contribution in [0.2, 0.25) is 0 Å². The van der Waals surface area contributed by atoms with Crippen LogP contribution in [-0.2, 0) is 11.3 Å². The van der Waals surface area contributed by atoms with E-state index >= 15 is 0 Å². The van der Waals surface area contributed by atoms with Crippen molar-refractivity contribution in [3.05, 3.63) is 29.3 Å². The van der Waals surface area contributed by atoms with Gasteiger partial charge in [-0.1, -0.05) is 6.07 Å². The van der Waals surface area contributed by atoms with E-state index in [9.17, 15) is 0 Å². The third-order valence-corrected chi connectivity index (χ3v) is 4.18. The lowest BCUT2D eigenvalue weighted by atomic mass is 10.1. The van der Waals surface area contributed by atoms with Crippen molar-refractivity contribution in [1.82, 2.24) is 5.32 Å². The SMILES string of the molecule is COc1ccc(CNC2CCOC2C2CC2)cc1C#N. The molecular formula is C16H20N2O2. The molecule has 1 aromatic carbocycles. The van der Waals surface area contributed by atoms with Crippen molar-refractivity contribution in [3.63, 3.8) is 0 Å². The fraction of sp³-hybridized carbons (Fsp3) is 0.562. The van der Waals surface area contributed by atoms with Gasteiger partial charge in [-0.25, -0.2) is 0 Å². The van der Waals surface area contributed by atoms with Crippen molar-refractivity contribution in [3.8, 4) is 11.8 Å². The topological polar surface area (TPSA) is 54.3 Å². The highest BCUT2D eigenvalue weighted by Gasteiger charge is 2.40. The average Bonchev–Trinajstić information content (AvgIpc) is 3.23. The van der Waals surface area contributed by atoms with Gasteiger partial charge in [0.1, 0.15) is 11.8 Å². The minimum Gasteiger partial charge on any atom is -0.495 e. The van der Waals surface area contributed by atoms with E-state index in [0.717, 1.165) is 31.1 Å². The van der Waals surface area contributed by atoms with Crippen LogP contribution in [0.15, 0.2) is 18.2 Å². The summed E-state index contributed by atoms with van der Waals surface area (Å²) in [6.07, 6.45) is 4.10. The summed E-state index contributed by atoms with van der Waals surface area (Å²) < 4.78 is 11.0. The minimum atomic E-state index is 0.392. The molecule has 106 valence electrons. The van der Waals surface area contributed by atoms with Crippen LogP contribution in [0.3, 0.4) is 0 Å². The first-order valence-corrected chi connectivity index (χ1v) is 7.24. The Kier molecular flexibility index (Phi) is 3.90. The van der Waals surface area contributed by atoms with Crippen molar-refractivity contribution >= 4 is 0 Å². The van der Waals surface area contributed by atoms with Gasteiger partial charge in [0.05, 0.1) is 18.8 Å². The van der Waals surface area contributed by atoms with Crippen LogP contribution in [0.4, 0.5) is 0 Å². The van der Waals surface area contributed by atoms with Crippen LogP contribution in [0.5, 0.6) is 5.75 Å². The molecule has 1 heterocycles. The predicted molar refractivity (Wildman–Crippen MR) is 75.4 cm³/mol. The van der Waals surface area contributed by atoms with Crippen LogP contribution in [0.25, 0.3) is 0 Å². The molecule has 0 bridgehead atoms. The van der Waals surface area contributed by atoms with Crippen LogP contribution < -0.4 is 10.1 Å². The molecule has 4 nitrogen and oxygen atoms in total. The molecule has 0 radical (unpaired) electrons. The zero-order valence-electron chi connectivity index (χ0n) is 11.8. The predicted octanol–water partition coefficient (Wildman–Crippen LogP) is 2.22. The second-order valence-electron chi connectivity index (χ2n) is 5.60. The zero-order chi connectivity index (χ0) is 13.9. The Morgan fingerprint density at radius 3 is 2.95 bits per heavy atom. The Hall–Kier alpha value is -1.57. The first kappa shape index (κ1) is 13.4. The fourth-order valence-electron chi connectivity index (χ4n) is 2.92. The first-order valence-electron chi connectivity index (χ1n) is 7.24. The Labute approximate surface area is 119 Å². The molecule has 2 atom stereocenters. The summed E-state index contributed by atoms with van der Waals surface area (Å²) in [6, 6.07) is 8.39. The molecule has 0 spiro atoms. The molecule has 20 heavy (non-hydrogen) atoms. The van der Waals surface area contributed by atoms with E-state index in [2.05, 4.69) is 11.4 Å². The third kappa shape index (κ3) is 2.79. The summed E-state index contributed by atoms with van der Waals surface area (Å²) in [4.78, 5) is 0.